The summed E-state index contributed by atoms with van der Waals surface area (Å²) in [6, 6.07) is 0. The van der Waals surface area contributed by atoms with Crippen molar-refractivity contribution in [2.24, 2.45) is 0 Å². The van der Waals surface area contributed by atoms with Crippen molar-refractivity contribution in [3.8, 4) is 0 Å². The molecule has 1 N–H and O–H groups in total. The molecular formula is C14H27LiO2. The topological polar surface area (TPSA) is 37.3 Å². The molecule has 0 aliphatic rings. The Morgan fingerprint density at radius 3 is 2.06 bits per heavy atom. The summed E-state index contributed by atoms with van der Waals surface area (Å²) >= 11 is 0. The fourth-order valence-corrected chi connectivity index (χ4v) is 1.63. The molecule has 0 aliphatic carbocycles. The minimum atomic E-state index is -0.668. The maximum absolute atomic E-state index is 10.3. The average molecular weight is 234 g/mol. The summed E-state index contributed by atoms with van der Waals surface area (Å²) in [7, 11) is 0. The van der Waals surface area contributed by atoms with Crippen LogP contribution in [0.3, 0.4) is 0 Å². The summed E-state index contributed by atoms with van der Waals surface area (Å²) in [5.41, 5.74) is 0. The Balaban J connectivity index is 0. The van der Waals surface area contributed by atoms with Gasteiger partial charge in [-0.15, -0.1) is 0 Å². The van der Waals surface area contributed by atoms with E-state index in [-0.39, 0.29) is 18.9 Å². The van der Waals surface area contributed by atoms with Crippen LogP contribution in [0.25, 0.3) is 0 Å². The molecule has 3 heteroatoms. The molecule has 0 unspecified atom stereocenters. The molecule has 0 aromatic carbocycles. The van der Waals surface area contributed by atoms with Gasteiger partial charge in [-0.25, -0.2) is 0 Å². The zero-order valence-corrected chi connectivity index (χ0v) is 10.6. The van der Waals surface area contributed by atoms with Crippen molar-refractivity contribution in [3.63, 3.8) is 0 Å². The Bertz CT molecular complexity index is 191. The third-order valence-corrected chi connectivity index (χ3v) is 2.65. The summed E-state index contributed by atoms with van der Waals surface area (Å²) in [4.78, 5) is 10.3. The fraction of sp³-hybridized carbons (Fsp3) is 0.786. The summed E-state index contributed by atoms with van der Waals surface area (Å²) in [5, 5.41) is 8.45. The molecule has 0 amide bonds. The Hall–Kier alpha value is -0.193. The zero-order chi connectivity index (χ0) is 12.1. The van der Waals surface area contributed by atoms with E-state index < -0.39 is 5.97 Å². The van der Waals surface area contributed by atoms with E-state index in [0.717, 1.165) is 12.8 Å². The quantitative estimate of drug-likeness (QED) is 0.334. The van der Waals surface area contributed by atoms with E-state index in [1.807, 2.05) is 0 Å². The van der Waals surface area contributed by atoms with Gasteiger partial charge in [0, 0.05) is 6.42 Å². The van der Waals surface area contributed by atoms with E-state index in [1.54, 1.807) is 0 Å². The first-order valence-electron chi connectivity index (χ1n) is 6.64. The second-order valence-electron chi connectivity index (χ2n) is 4.31. The number of unbranched alkanes of at least 4 members (excludes halogenated alkanes) is 7. The van der Waals surface area contributed by atoms with Gasteiger partial charge in [0.2, 0.25) is 0 Å². The summed E-state index contributed by atoms with van der Waals surface area (Å²) in [5.74, 6) is -0.668. The van der Waals surface area contributed by atoms with Crippen LogP contribution in [0.2, 0.25) is 0 Å². The van der Waals surface area contributed by atoms with Gasteiger partial charge in [0.1, 0.15) is 0 Å². The molecule has 96 valence electrons. The van der Waals surface area contributed by atoms with Gasteiger partial charge < -0.3 is 5.11 Å². The standard InChI is InChI=1S/C14H26O2.Li.H/c1-2-3-4-5-6-7-8-9-10-11-12-13-14(15)16;;/h5-6H,2-4,7-13H2,1H3,(H,15,16);;. The molecule has 0 aliphatic heterocycles. The van der Waals surface area contributed by atoms with Crippen molar-refractivity contribution in [2.45, 2.75) is 71.1 Å². The molecule has 0 rings (SSSR count). The van der Waals surface area contributed by atoms with Crippen LogP contribution >= 0.6 is 0 Å². The number of allylic oxidation sites excluding steroid dienone is 2. The third-order valence-electron chi connectivity index (χ3n) is 2.65. The van der Waals surface area contributed by atoms with E-state index in [2.05, 4.69) is 19.1 Å². The molecule has 0 saturated carbocycles. The molecule has 0 spiro atoms. The van der Waals surface area contributed by atoms with E-state index in [9.17, 15) is 4.79 Å². The van der Waals surface area contributed by atoms with Crippen molar-refractivity contribution in [1.29, 1.82) is 0 Å². The van der Waals surface area contributed by atoms with Gasteiger partial charge in [0.25, 0.3) is 0 Å². The van der Waals surface area contributed by atoms with Crippen LogP contribution in [0.1, 0.15) is 71.1 Å². The van der Waals surface area contributed by atoms with Gasteiger partial charge in [0.05, 0.1) is 0 Å². The molecule has 0 saturated heterocycles. The number of carboxylic acid groups (broad SMARTS) is 1. The number of rotatable bonds is 11. The maximum atomic E-state index is 10.3. The number of hydrogen-bond donors (Lipinski definition) is 1. The number of carbonyl (C=O) groups is 1. The van der Waals surface area contributed by atoms with E-state index in [4.69, 9.17) is 5.11 Å². The van der Waals surface area contributed by atoms with Gasteiger partial charge >= 0.3 is 24.8 Å². The van der Waals surface area contributed by atoms with Crippen molar-refractivity contribution in [1.82, 2.24) is 0 Å². The van der Waals surface area contributed by atoms with E-state index in [0.29, 0.717) is 6.42 Å². The molecule has 0 radical (unpaired) electrons. The molecule has 0 aromatic heterocycles. The normalized spacial score (nSPS) is 10.4. The van der Waals surface area contributed by atoms with Crippen molar-refractivity contribution in [3.05, 3.63) is 12.2 Å². The molecule has 0 heterocycles. The minimum absolute atomic E-state index is 0. The van der Waals surface area contributed by atoms with Crippen LogP contribution < -0.4 is 0 Å². The summed E-state index contributed by atoms with van der Waals surface area (Å²) < 4.78 is 0. The number of carboxylic acids is 1. The van der Waals surface area contributed by atoms with Crippen LogP contribution in [0.5, 0.6) is 0 Å². The predicted molar refractivity (Wildman–Crippen MR) is 75.8 cm³/mol. The van der Waals surface area contributed by atoms with Crippen molar-refractivity contribution < 1.29 is 9.90 Å². The van der Waals surface area contributed by atoms with Gasteiger partial charge in [-0.2, -0.15) is 0 Å². The van der Waals surface area contributed by atoms with Crippen molar-refractivity contribution >= 4 is 24.8 Å². The summed E-state index contributed by atoms with van der Waals surface area (Å²) in [6.45, 7) is 2.21. The average Bonchev–Trinajstić information content (AvgIpc) is 2.25. The molecule has 0 fully saturated rings. The van der Waals surface area contributed by atoms with E-state index in [1.165, 1.54) is 44.9 Å². The molecule has 2 nitrogen and oxygen atoms in total. The third kappa shape index (κ3) is 18.4. The van der Waals surface area contributed by atoms with Crippen molar-refractivity contribution in [2.75, 3.05) is 0 Å². The SMILES string of the molecule is CCCCC=CCCCCCCCC(=O)O.[LiH]. The second-order valence-corrected chi connectivity index (χ2v) is 4.31. The zero-order valence-electron chi connectivity index (χ0n) is 10.6. The first-order valence-corrected chi connectivity index (χ1v) is 6.64. The Morgan fingerprint density at radius 2 is 1.47 bits per heavy atom. The van der Waals surface area contributed by atoms with Crippen LogP contribution in [0.15, 0.2) is 12.2 Å². The Labute approximate surface area is 118 Å². The molecule has 17 heavy (non-hydrogen) atoms. The van der Waals surface area contributed by atoms with Gasteiger partial charge in [0.15, 0.2) is 0 Å². The van der Waals surface area contributed by atoms with Crippen LogP contribution in [-0.4, -0.2) is 29.9 Å². The number of hydrogen-bond acceptors (Lipinski definition) is 1. The molecule has 0 aromatic rings. The first-order chi connectivity index (χ1) is 7.77. The monoisotopic (exact) mass is 234 g/mol. The first kappa shape index (κ1) is 19.2. The number of aliphatic carboxylic acids is 1. The second kappa shape index (κ2) is 15.8. The fourth-order valence-electron chi connectivity index (χ4n) is 1.63. The van der Waals surface area contributed by atoms with Crippen LogP contribution in [0.4, 0.5) is 0 Å². The molecule has 0 bridgehead atoms. The van der Waals surface area contributed by atoms with Gasteiger partial charge in [-0.3, -0.25) is 4.79 Å². The van der Waals surface area contributed by atoms with Gasteiger partial charge in [-0.05, 0) is 25.7 Å². The van der Waals surface area contributed by atoms with Crippen LogP contribution in [0, 0.1) is 0 Å². The predicted octanol–water partition coefficient (Wildman–Crippen LogP) is 3.90. The van der Waals surface area contributed by atoms with Gasteiger partial charge in [-0.1, -0.05) is 51.2 Å². The Kier molecular flexibility index (Phi) is 17.8. The van der Waals surface area contributed by atoms with E-state index >= 15 is 0 Å². The Morgan fingerprint density at radius 1 is 0.941 bits per heavy atom. The summed E-state index contributed by atoms with van der Waals surface area (Å²) in [6.07, 6.45) is 15.4. The van der Waals surface area contributed by atoms with Crippen LogP contribution in [-0.2, 0) is 4.79 Å². The molecule has 0 atom stereocenters. The molecular weight excluding hydrogens is 207 g/mol.